The normalized spacial score (nSPS) is 9.83. The number of nitrogens with two attached hydrogens (primary N) is 1. The van der Waals surface area contributed by atoms with Crippen LogP contribution in [-0.4, -0.2) is 11.0 Å². The molecular formula is C19H14N2O2S. The van der Waals surface area contributed by atoms with Crippen molar-refractivity contribution in [1.82, 2.24) is 4.98 Å². The molecule has 1 heterocycles. The zero-order valence-electron chi connectivity index (χ0n) is 12.7. The van der Waals surface area contributed by atoms with Gasteiger partial charge in [-0.15, -0.1) is 11.3 Å². The third kappa shape index (κ3) is 3.80. The molecule has 2 aromatic carbocycles. The van der Waals surface area contributed by atoms with Gasteiger partial charge < -0.3 is 10.5 Å². The Morgan fingerprint density at radius 1 is 1.12 bits per heavy atom. The summed E-state index contributed by atoms with van der Waals surface area (Å²) >= 11 is 1.45. The van der Waals surface area contributed by atoms with Gasteiger partial charge >= 0.3 is 5.97 Å². The van der Waals surface area contributed by atoms with Crippen LogP contribution in [0.3, 0.4) is 0 Å². The summed E-state index contributed by atoms with van der Waals surface area (Å²) in [5, 5.41) is 2.55. The predicted octanol–water partition coefficient (Wildman–Crippen LogP) is 3.48. The Morgan fingerprint density at radius 3 is 2.71 bits per heavy atom. The second-order valence-corrected chi connectivity index (χ2v) is 5.81. The van der Waals surface area contributed by atoms with Gasteiger partial charge in [-0.05, 0) is 23.6 Å². The Bertz CT molecular complexity index is 894. The topological polar surface area (TPSA) is 65.2 Å². The van der Waals surface area contributed by atoms with Gasteiger partial charge in [-0.3, -0.25) is 0 Å². The summed E-state index contributed by atoms with van der Waals surface area (Å²) in [7, 11) is 0. The van der Waals surface area contributed by atoms with Crippen molar-refractivity contribution in [2.24, 2.45) is 0 Å². The Kier molecular flexibility index (Phi) is 4.90. The molecule has 3 aromatic rings. The lowest BCUT2D eigenvalue weighted by molar-refractivity contribution is 0.0474. The standard InChI is InChI=1S/C19H14N2O2S/c20-18-15(9-10-17-21-11-12-24-17)7-4-8-16(18)19(22)23-13-14-5-2-1-3-6-14/h1-8,11-12H,13,20H2. The van der Waals surface area contributed by atoms with Crippen molar-refractivity contribution in [3.8, 4) is 11.8 Å². The van der Waals surface area contributed by atoms with Gasteiger partial charge in [0.25, 0.3) is 0 Å². The highest BCUT2D eigenvalue weighted by atomic mass is 32.1. The van der Waals surface area contributed by atoms with Crippen LogP contribution in [0.15, 0.2) is 60.1 Å². The first-order valence-electron chi connectivity index (χ1n) is 7.25. The Balaban J connectivity index is 1.76. The summed E-state index contributed by atoms with van der Waals surface area (Å²) in [6.07, 6.45) is 1.69. The zero-order chi connectivity index (χ0) is 16.8. The van der Waals surface area contributed by atoms with E-state index in [0.29, 0.717) is 21.8 Å². The second kappa shape index (κ2) is 7.44. The molecule has 118 valence electrons. The number of hydrogen-bond donors (Lipinski definition) is 1. The first-order chi connectivity index (χ1) is 11.7. The van der Waals surface area contributed by atoms with Crippen LogP contribution in [0.2, 0.25) is 0 Å². The minimum absolute atomic E-state index is 0.203. The van der Waals surface area contributed by atoms with Gasteiger partial charge in [0.1, 0.15) is 6.61 Å². The highest BCUT2D eigenvalue weighted by Gasteiger charge is 2.13. The molecule has 24 heavy (non-hydrogen) atoms. The van der Waals surface area contributed by atoms with E-state index in [1.165, 1.54) is 11.3 Å². The molecule has 0 aliphatic rings. The van der Waals surface area contributed by atoms with Crippen molar-refractivity contribution in [2.75, 3.05) is 5.73 Å². The molecule has 0 atom stereocenters. The Hall–Kier alpha value is -3.10. The third-order valence-corrected chi connectivity index (χ3v) is 3.96. The minimum atomic E-state index is -0.464. The SMILES string of the molecule is Nc1c(C#Cc2nccs2)cccc1C(=O)OCc1ccccc1. The van der Waals surface area contributed by atoms with Gasteiger partial charge in [0, 0.05) is 17.1 Å². The third-order valence-electron chi connectivity index (χ3n) is 3.28. The second-order valence-electron chi connectivity index (χ2n) is 4.92. The summed E-state index contributed by atoms with van der Waals surface area (Å²) in [4.78, 5) is 16.4. The fraction of sp³-hybridized carbons (Fsp3) is 0.0526. The molecule has 0 fully saturated rings. The number of rotatable bonds is 3. The molecule has 0 unspecified atom stereocenters. The predicted molar refractivity (Wildman–Crippen MR) is 94.5 cm³/mol. The zero-order valence-corrected chi connectivity index (χ0v) is 13.5. The maximum atomic E-state index is 12.3. The number of carbonyl (C=O) groups is 1. The van der Waals surface area contributed by atoms with Gasteiger partial charge in [0.2, 0.25) is 0 Å². The molecule has 2 N–H and O–H groups in total. The van der Waals surface area contributed by atoms with E-state index in [1.807, 2.05) is 35.7 Å². The van der Waals surface area contributed by atoms with Crippen LogP contribution in [0.25, 0.3) is 0 Å². The van der Waals surface area contributed by atoms with Crippen LogP contribution in [0.4, 0.5) is 5.69 Å². The quantitative estimate of drug-likeness (QED) is 0.452. The van der Waals surface area contributed by atoms with Gasteiger partial charge in [-0.25, -0.2) is 9.78 Å². The highest BCUT2D eigenvalue weighted by molar-refractivity contribution is 7.10. The van der Waals surface area contributed by atoms with Crippen molar-refractivity contribution in [3.05, 3.63) is 81.8 Å². The molecule has 0 spiro atoms. The number of ether oxygens (including phenoxy) is 1. The van der Waals surface area contributed by atoms with Crippen molar-refractivity contribution in [1.29, 1.82) is 0 Å². The average molecular weight is 334 g/mol. The highest BCUT2D eigenvalue weighted by Crippen LogP contribution is 2.18. The van der Waals surface area contributed by atoms with Crippen molar-refractivity contribution < 1.29 is 9.53 Å². The monoisotopic (exact) mass is 334 g/mol. The number of anilines is 1. The molecule has 0 saturated heterocycles. The lowest BCUT2D eigenvalue weighted by Crippen LogP contribution is -2.09. The van der Waals surface area contributed by atoms with E-state index in [4.69, 9.17) is 10.5 Å². The summed E-state index contributed by atoms with van der Waals surface area (Å²) in [5.74, 6) is 5.42. The Labute approximate surface area is 143 Å². The number of esters is 1. The lowest BCUT2D eigenvalue weighted by Gasteiger charge is -2.08. The van der Waals surface area contributed by atoms with E-state index in [0.717, 1.165) is 5.56 Å². The van der Waals surface area contributed by atoms with Crippen molar-refractivity contribution >= 4 is 23.0 Å². The van der Waals surface area contributed by atoms with Crippen LogP contribution < -0.4 is 5.73 Å². The first kappa shape index (κ1) is 15.8. The van der Waals surface area contributed by atoms with Crippen molar-refractivity contribution in [3.63, 3.8) is 0 Å². The smallest absolute Gasteiger partial charge is 0.340 e. The summed E-state index contributed by atoms with van der Waals surface area (Å²) in [5.41, 5.74) is 8.21. The lowest BCUT2D eigenvalue weighted by atomic mass is 10.1. The number of aromatic nitrogens is 1. The van der Waals surface area contributed by atoms with E-state index in [9.17, 15) is 4.79 Å². The number of thiazole rings is 1. The number of hydrogen-bond acceptors (Lipinski definition) is 5. The molecule has 4 nitrogen and oxygen atoms in total. The number of para-hydroxylation sites is 1. The molecule has 1 aromatic heterocycles. The van der Waals surface area contributed by atoms with Gasteiger partial charge in [-0.1, -0.05) is 42.3 Å². The molecular weight excluding hydrogens is 320 g/mol. The molecule has 0 aliphatic carbocycles. The average Bonchev–Trinajstić information content (AvgIpc) is 3.13. The summed E-state index contributed by atoms with van der Waals surface area (Å²) < 4.78 is 5.32. The fourth-order valence-corrected chi connectivity index (χ4v) is 2.54. The molecule has 0 aliphatic heterocycles. The summed E-state index contributed by atoms with van der Waals surface area (Å²) in [6, 6.07) is 14.6. The summed E-state index contributed by atoms with van der Waals surface area (Å²) in [6.45, 7) is 0.203. The molecule has 0 saturated carbocycles. The van der Waals surface area contributed by atoms with Crippen LogP contribution >= 0.6 is 11.3 Å². The maximum Gasteiger partial charge on any atom is 0.340 e. The van der Waals surface area contributed by atoms with Gasteiger partial charge in [0.15, 0.2) is 5.01 Å². The molecule has 0 radical (unpaired) electrons. The largest absolute Gasteiger partial charge is 0.457 e. The van der Waals surface area contributed by atoms with E-state index >= 15 is 0 Å². The molecule has 5 heteroatoms. The van der Waals surface area contributed by atoms with Crippen LogP contribution in [0.5, 0.6) is 0 Å². The number of nitrogens with zero attached hydrogens (tertiary/aromatic N) is 1. The number of carbonyl (C=O) groups excluding carboxylic acids is 1. The van der Waals surface area contributed by atoms with E-state index < -0.39 is 5.97 Å². The molecule has 0 amide bonds. The first-order valence-corrected chi connectivity index (χ1v) is 8.13. The molecule has 3 rings (SSSR count). The van der Waals surface area contributed by atoms with Crippen LogP contribution in [-0.2, 0) is 11.3 Å². The van der Waals surface area contributed by atoms with Crippen molar-refractivity contribution in [2.45, 2.75) is 6.61 Å². The minimum Gasteiger partial charge on any atom is -0.457 e. The van der Waals surface area contributed by atoms with Gasteiger partial charge in [-0.2, -0.15) is 0 Å². The fourth-order valence-electron chi connectivity index (χ4n) is 2.06. The van der Waals surface area contributed by atoms with Crippen LogP contribution in [0.1, 0.15) is 26.5 Å². The number of nitrogen functional groups attached to an aromatic ring is 1. The van der Waals surface area contributed by atoms with Crippen LogP contribution in [0, 0.1) is 11.8 Å². The Morgan fingerprint density at radius 2 is 1.96 bits per heavy atom. The number of benzene rings is 2. The van der Waals surface area contributed by atoms with E-state index in [1.54, 1.807) is 24.4 Å². The molecule has 0 bridgehead atoms. The maximum absolute atomic E-state index is 12.3. The van der Waals surface area contributed by atoms with Gasteiger partial charge in [0.05, 0.1) is 11.3 Å². The van der Waals surface area contributed by atoms with E-state index in [2.05, 4.69) is 16.8 Å². The van der Waals surface area contributed by atoms with E-state index in [-0.39, 0.29) is 6.61 Å².